The van der Waals surface area contributed by atoms with Crippen molar-refractivity contribution >= 4 is 64.1 Å². The third-order valence-electron chi connectivity index (χ3n) is 3.74. The molecule has 0 unspecified atom stereocenters. The smallest absolute Gasteiger partial charge is 0.258 e. The molecule has 168 valence electrons. The molecule has 0 aliphatic rings. The molecule has 2 rings (SSSR count). The lowest BCUT2D eigenvalue weighted by Crippen LogP contribution is -2.37. The first kappa shape index (κ1) is 24.9. The summed E-state index contributed by atoms with van der Waals surface area (Å²) < 4.78 is 73.3. The molecule has 0 saturated heterocycles. The van der Waals surface area contributed by atoms with Crippen molar-refractivity contribution in [2.24, 2.45) is 0 Å². The highest BCUT2D eigenvalue weighted by molar-refractivity contribution is 8.24. The lowest BCUT2D eigenvalue weighted by atomic mass is 10.3. The maximum Gasteiger partial charge on any atom is 0.289 e. The van der Waals surface area contributed by atoms with Gasteiger partial charge in [0.25, 0.3) is 15.3 Å². The quantitative estimate of drug-likeness (QED) is 0.377. The maximum absolute atomic E-state index is 13.0. The molecule has 0 aromatic heterocycles. The number of nitrogens with zero attached hydrogens (tertiary/aromatic N) is 2. The average Bonchev–Trinajstić information content (AvgIpc) is 2.59. The van der Waals surface area contributed by atoms with Gasteiger partial charge in [-0.15, -0.1) is 0 Å². The molecule has 0 amide bonds. The van der Waals surface area contributed by atoms with Gasteiger partial charge in [0, 0.05) is 18.4 Å². The van der Waals surface area contributed by atoms with Crippen LogP contribution in [0.1, 0.15) is 0 Å². The number of nitro groups is 2. The summed E-state index contributed by atoms with van der Waals surface area (Å²) in [7, 11) is -15.6. The van der Waals surface area contributed by atoms with Crippen LogP contribution in [-0.2, 0) is 29.5 Å². The first-order valence-corrected chi connectivity index (χ1v) is 13.4. The Hall–Kier alpha value is -2.33. The summed E-state index contributed by atoms with van der Waals surface area (Å²) in [6.45, 7) is 0. The second-order valence-electron chi connectivity index (χ2n) is 5.95. The lowest BCUT2D eigenvalue weighted by Gasteiger charge is -2.17. The standard InChI is InChI=1S/C14H10Cl2N2O10S3/c1-29(23,24)14(30(25,26)8-2-4-10(15)12(6-8)17(19)20)31(27,28)9-3-5-11(16)13(7-9)18(21)22/h2-7,14H,1H3. The van der Waals surface area contributed by atoms with Gasteiger partial charge in [0.05, 0.1) is 19.6 Å². The van der Waals surface area contributed by atoms with Crippen molar-refractivity contribution in [3.63, 3.8) is 0 Å². The molecule has 0 heterocycles. The zero-order valence-corrected chi connectivity index (χ0v) is 19.0. The maximum atomic E-state index is 13.0. The van der Waals surface area contributed by atoms with Crippen LogP contribution in [-0.4, -0.2) is 45.3 Å². The average molecular weight is 533 g/mol. The Morgan fingerprint density at radius 1 is 0.742 bits per heavy atom. The molecule has 0 spiro atoms. The van der Waals surface area contributed by atoms with Crippen molar-refractivity contribution in [3.05, 3.63) is 66.7 Å². The van der Waals surface area contributed by atoms with Gasteiger partial charge in [0.2, 0.25) is 19.7 Å². The second-order valence-corrected chi connectivity index (χ2v) is 13.9. The van der Waals surface area contributed by atoms with Gasteiger partial charge in [-0.3, -0.25) is 20.2 Å². The molecular weight excluding hydrogens is 523 g/mol. The summed E-state index contributed by atoms with van der Waals surface area (Å²) in [6, 6.07) is 3.79. The van der Waals surface area contributed by atoms with E-state index < -0.39 is 74.5 Å². The zero-order valence-electron chi connectivity index (χ0n) is 15.0. The molecular formula is C14H10Cl2N2O10S3. The van der Waals surface area contributed by atoms with Gasteiger partial charge >= 0.3 is 0 Å². The van der Waals surface area contributed by atoms with Crippen molar-refractivity contribution in [1.82, 2.24) is 0 Å². The first-order valence-electron chi connectivity index (χ1n) is 7.56. The summed E-state index contributed by atoms with van der Waals surface area (Å²) in [5.74, 6) is 0. The predicted octanol–water partition coefficient (Wildman–Crippen LogP) is 2.39. The highest BCUT2D eigenvalue weighted by Gasteiger charge is 2.48. The van der Waals surface area contributed by atoms with Crippen molar-refractivity contribution < 1.29 is 35.1 Å². The van der Waals surface area contributed by atoms with E-state index in [4.69, 9.17) is 23.2 Å². The number of hydrogen-bond acceptors (Lipinski definition) is 10. The van der Waals surface area contributed by atoms with E-state index in [-0.39, 0.29) is 0 Å². The van der Waals surface area contributed by atoms with Crippen molar-refractivity contribution in [2.45, 2.75) is 13.7 Å². The Labute approximate surface area is 185 Å². The van der Waals surface area contributed by atoms with E-state index in [1.165, 1.54) is 0 Å². The van der Waals surface area contributed by atoms with Crippen LogP contribution in [0.2, 0.25) is 10.0 Å². The zero-order chi connectivity index (χ0) is 23.9. The minimum atomic E-state index is -5.32. The van der Waals surface area contributed by atoms with E-state index in [2.05, 4.69) is 0 Å². The van der Waals surface area contributed by atoms with E-state index in [9.17, 15) is 45.5 Å². The summed E-state index contributed by atoms with van der Waals surface area (Å²) in [4.78, 5) is 18.0. The normalized spacial score (nSPS) is 12.6. The van der Waals surface area contributed by atoms with Crippen LogP contribution < -0.4 is 0 Å². The minimum Gasteiger partial charge on any atom is -0.258 e. The second kappa shape index (κ2) is 8.31. The van der Waals surface area contributed by atoms with Crippen molar-refractivity contribution in [1.29, 1.82) is 0 Å². The molecule has 0 radical (unpaired) electrons. The van der Waals surface area contributed by atoms with Gasteiger partial charge in [-0.2, -0.15) is 0 Å². The van der Waals surface area contributed by atoms with Gasteiger partial charge < -0.3 is 0 Å². The monoisotopic (exact) mass is 532 g/mol. The van der Waals surface area contributed by atoms with E-state index >= 15 is 0 Å². The molecule has 0 aliphatic carbocycles. The summed E-state index contributed by atoms with van der Waals surface area (Å²) >= 11 is 11.2. The van der Waals surface area contributed by atoms with Crippen molar-refractivity contribution in [2.75, 3.05) is 6.26 Å². The van der Waals surface area contributed by atoms with Gasteiger partial charge in [-0.25, -0.2) is 25.3 Å². The van der Waals surface area contributed by atoms with Crippen LogP contribution in [0.5, 0.6) is 0 Å². The molecule has 17 heteroatoms. The predicted molar refractivity (Wildman–Crippen MR) is 109 cm³/mol. The van der Waals surface area contributed by atoms with Crippen LogP contribution in [0.3, 0.4) is 0 Å². The SMILES string of the molecule is CS(=O)(=O)C(S(=O)(=O)c1ccc(Cl)c([N+](=O)[O-])c1)S(=O)(=O)c1ccc(Cl)c([N+](=O)[O-])c1. The molecule has 31 heavy (non-hydrogen) atoms. The Morgan fingerprint density at radius 2 is 1.06 bits per heavy atom. The molecule has 0 aliphatic heterocycles. The van der Waals surface area contributed by atoms with Crippen LogP contribution in [0.15, 0.2) is 46.2 Å². The Bertz CT molecular complexity index is 1330. The van der Waals surface area contributed by atoms with E-state index in [0.29, 0.717) is 30.5 Å². The van der Waals surface area contributed by atoms with Crippen LogP contribution >= 0.6 is 23.2 Å². The Morgan fingerprint density at radius 3 is 1.32 bits per heavy atom. The van der Waals surface area contributed by atoms with Gasteiger partial charge in [0.1, 0.15) is 10.0 Å². The molecule has 0 N–H and O–H groups in total. The number of sulfone groups is 3. The molecule has 12 nitrogen and oxygen atoms in total. The van der Waals surface area contributed by atoms with Gasteiger partial charge in [-0.1, -0.05) is 23.2 Å². The number of rotatable bonds is 7. The van der Waals surface area contributed by atoms with Crippen LogP contribution in [0.25, 0.3) is 0 Å². The Balaban J connectivity index is 2.83. The molecule has 0 bridgehead atoms. The van der Waals surface area contributed by atoms with Gasteiger partial charge in [-0.05, 0) is 24.3 Å². The number of benzene rings is 2. The lowest BCUT2D eigenvalue weighted by molar-refractivity contribution is -0.385. The molecule has 2 aromatic rings. The third kappa shape index (κ3) is 4.79. The number of nitro benzene ring substituents is 2. The van der Waals surface area contributed by atoms with E-state index in [1.54, 1.807) is 0 Å². The highest BCUT2D eigenvalue weighted by Crippen LogP contribution is 2.35. The molecule has 0 saturated carbocycles. The first-order chi connectivity index (χ1) is 14.0. The summed E-state index contributed by atoms with van der Waals surface area (Å²) in [5, 5.41) is 21.1. The highest BCUT2D eigenvalue weighted by atomic mass is 35.5. The van der Waals surface area contributed by atoms with E-state index in [1.807, 2.05) is 0 Å². The van der Waals surface area contributed by atoms with Crippen LogP contribution in [0, 0.1) is 20.2 Å². The largest absolute Gasteiger partial charge is 0.289 e. The Kier molecular flexibility index (Phi) is 6.68. The van der Waals surface area contributed by atoms with Crippen LogP contribution in [0.4, 0.5) is 11.4 Å². The fourth-order valence-electron chi connectivity index (χ4n) is 2.47. The fourth-order valence-corrected chi connectivity index (χ4v) is 10.7. The molecule has 2 aromatic carbocycles. The summed E-state index contributed by atoms with van der Waals surface area (Å²) in [5.41, 5.74) is -1.82. The number of hydrogen-bond donors (Lipinski definition) is 0. The fraction of sp³-hybridized carbons (Fsp3) is 0.143. The van der Waals surface area contributed by atoms with Crippen molar-refractivity contribution in [3.8, 4) is 0 Å². The topological polar surface area (TPSA) is 189 Å². The third-order valence-corrected chi connectivity index (χ3v) is 13.1. The van der Waals surface area contributed by atoms with E-state index in [0.717, 1.165) is 12.1 Å². The minimum absolute atomic E-state index is 0.321. The number of halogens is 2. The molecule has 0 atom stereocenters. The summed E-state index contributed by atoms with van der Waals surface area (Å²) in [6.07, 6.45) is 0.321. The molecule has 0 fully saturated rings. The van der Waals surface area contributed by atoms with Gasteiger partial charge in [0.15, 0.2) is 9.84 Å².